The Morgan fingerprint density at radius 1 is 1.52 bits per heavy atom. The summed E-state index contributed by atoms with van der Waals surface area (Å²) in [5.41, 5.74) is 0.956. The number of hydrogen-bond donors (Lipinski definition) is 1. The number of aryl methyl sites for hydroxylation is 2. The molecule has 0 spiro atoms. The van der Waals surface area contributed by atoms with Crippen LogP contribution in [0.4, 0.5) is 0 Å². The molecule has 1 N–H and O–H groups in total. The summed E-state index contributed by atoms with van der Waals surface area (Å²) in [6.07, 6.45) is 1.20. The molecule has 2 rings (SSSR count). The van der Waals surface area contributed by atoms with Gasteiger partial charge in [0.05, 0.1) is 12.2 Å². The van der Waals surface area contributed by atoms with Gasteiger partial charge in [0.2, 0.25) is 5.89 Å². The smallest absolute Gasteiger partial charge is 0.214 e. The number of thioether (sulfide) groups is 1. The number of oxazole rings is 1. The average Bonchev–Trinajstić information content (AvgIpc) is 2.78. The molecule has 0 amide bonds. The van der Waals surface area contributed by atoms with Gasteiger partial charge < -0.3 is 14.6 Å². The minimum Gasteiger partial charge on any atom is -0.444 e. The molecule has 5 nitrogen and oxygen atoms in total. The monoisotopic (exact) mass is 424 g/mol. The molecule has 0 radical (unpaired) electrons. The molecule has 1 atom stereocenters. The first-order valence-corrected chi connectivity index (χ1v) is 8.19. The third kappa shape index (κ3) is 5.05. The molecule has 120 valence electrons. The van der Waals surface area contributed by atoms with Crippen molar-refractivity contribution in [3.63, 3.8) is 0 Å². The number of rotatable bonds is 3. The van der Waals surface area contributed by atoms with E-state index in [1.807, 2.05) is 20.9 Å². The first kappa shape index (κ1) is 18.6. The highest BCUT2D eigenvalue weighted by Crippen LogP contribution is 2.21. The van der Waals surface area contributed by atoms with E-state index < -0.39 is 0 Å². The molecule has 0 saturated carbocycles. The Morgan fingerprint density at radius 3 is 2.86 bits per heavy atom. The lowest BCUT2D eigenvalue weighted by Crippen LogP contribution is -2.47. The van der Waals surface area contributed by atoms with E-state index >= 15 is 0 Å². The van der Waals surface area contributed by atoms with Crippen molar-refractivity contribution in [2.75, 3.05) is 25.9 Å². The van der Waals surface area contributed by atoms with E-state index in [0.717, 1.165) is 42.1 Å². The normalized spacial score (nSPS) is 19.3. The van der Waals surface area contributed by atoms with Crippen LogP contribution in [0.5, 0.6) is 0 Å². The van der Waals surface area contributed by atoms with Gasteiger partial charge >= 0.3 is 0 Å². The van der Waals surface area contributed by atoms with Crippen LogP contribution in [-0.2, 0) is 6.54 Å². The Morgan fingerprint density at radius 2 is 2.29 bits per heavy atom. The first-order valence-electron chi connectivity index (χ1n) is 7.14. The van der Waals surface area contributed by atoms with Gasteiger partial charge in [0, 0.05) is 31.1 Å². The molecule has 7 heteroatoms. The van der Waals surface area contributed by atoms with Crippen molar-refractivity contribution in [2.45, 2.75) is 39.0 Å². The van der Waals surface area contributed by atoms with Gasteiger partial charge in [0.1, 0.15) is 5.76 Å². The zero-order valence-corrected chi connectivity index (χ0v) is 16.3. The predicted octanol–water partition coefficient (Wildman–Crippen LogP) is 2.81. The molecule has 0 aliphatic carbocycles. The van der Waals surface area contributed by atoms with E-state index in [1.54, 1.807) is 0 Å². The average molecular weight is 424 g/mol. The van der Waals surface area contributed by atoms with Crippen LogP contribution in [0.1, 0.15) is 30.7 Å². The summed E-state index contributed by atoms with van der Waals surface area (Å²) in [4.78, 5) is 11.1. The maximum atomic E-state index is 5.59. The van der Waals surface area contributed by atoms with E-state index in [9.17, 15) is 0 Å². The number of aliphatic imine (C=N–C) groups is 1. The highest BCUT2D eigenvalue weighted by Gasteiger charge is 2.21. The number of halogens is 1. The largest absolute Gasteiger partial charge is 0.444 e. The van der Waals surface area contributed by atoms with E-state index in [1.165, 1.54) is 6.42 Å². The van der Waals surface area contributed by atoms with Crippen molar-refractivity contribution in [1.29, 1.82) is 0 Å². The molecule has 1 fully saturated rings. The minimum absolute atomic E-state index is 0. The Hall–Kier alpha value is -0.440. The van der Waals surface area contributed by atoms with Crippen LogP contribution < -0.4 is 5.32 Å². The topological polar surface area (TPSA) is 53.7 Å². The lowest BCUT2D eigenvalue weighted by molar-refractivity contribution is 0.400. The highest BCUT2D eigenvalue weighted by molar-refractivity contribution is 14.0. The molecule has 0 aromatic carbocycles. The fraction of sp³-hybridized carbons (Fsp3) is 0.714. The molecule has 1 saturated heterocycles. The standard InChI is InChI=1S/C14H24N4OS.HI/c1-5-12-9-18(6-7-20-12)14(15-4)16-8-13-17-10(2)11(3)19-13;/h12H,5-9H2,1-4H3,(H,15,16);1H. The summed E-state index contributed by atoms with van der Waals surface area (Å²) in [7, 11) is 1.83. The Labute approximate surface area is 148 Å². The Kier molecular flexibility index (Phi) is 7.86. The van der Waals surface area contributed by atoms with Crippen LogP contribution in [0.2, 0.25) is 0 Å². The zero-order valence-electron chi connectivity index (χ0n) is 13.2. The molecule has 1 unspecified atom stereocenters. The summed E-state index contributed by atoms with van der Waals surface area (Å²) in [5.74, 6) is 3.71. The minimum atomic E-state index is 0. The van der Waals surface area contributed by atoms with Crippen LogP contribution in [0.3, 0.4) is 0 Å². The van der Waals surface area contributed by atoms with Crippen molar-refractivity contribution in [1.82, 2.24) is 15.2 Å². The third-order valence-corrected chi connectivity index (χ3v) is 4.95. The second-order valence-corrected chi connectivity index (χ2v) is 6.41. The summed E-state index contributed by atoms with van der Waals surface area (Å²) in [6, 6.07) is 0. The number of hydrogen-bond acceptors (Lipinski definition) is 4. The molecule has 2 heterocycles. The van der Waals surface area contributed by atoms with Gasteiger partial charge in [-0.15, -0.1) is 24.0 Å². The molecule has 1 aliphatic heterocycles. The van der Waals surface area contributed by atoms with Gasteiger partial charge in [-0.1, -0.05) is 6.92 Å². The van der Waals surface area contributed by atoms with Crippen molar-refractivity contribution in [3.8, 4) is 0 Å². The summed E-state index contributed by atoms with van der Waals surface area (Å²) in [5, 5.41) is 4.05. The molecule has 0 bridgehead atoms. The maximum Gasteiger partial charge on any atom is 0.214 e. The van der Waals surface area contributed by atoms with E-state index in [2.05, 4.69) is 38.9 Å². The number of nitrogens with zero attached hydrogens (tertiary/aromatic N) is 3. The van der Waals surface area contributed by atoms with Crippen LogP contribution in [0, 0.1) is 13.8 Å². The summed E-state index contributed by atoms with van der Waals surface area (Å²) in [6.45, 7) is 8.84. The molecular weight excluding hydrogens is 399 g/mol. The van der Waals surface area contributed by atoms with Crippen LogP contribution >= 0.6 is 35.7 Å². The molecule has 1 aromatic rings. The highest BCUT2D eigenvalue weighted by atomic mass is 127. The lowest BCUT2D eigenvalue weighted by atomic mass is 10.3. The second-order valence-electron chi connectivity index (χ2n) is 5.00. The summed E-state index contributed by atoms with van der Waals surface area (Å²) < 4.78 is 5.59. The molecular formula is C14H25IN4OS. The lowest BCUT2D eigenvalue weighted by Gasteiger charge is -2.34. The summed E-state index contributed by atoms with van der Waals surface area (Å²) >= 11 is 2.06. The Balaban J connectivity index is 0.00000220. The fourth-order valence-corrected chi connectivity index (χ4v) is 3.44. The number of nitrogens with one attached hydrogen (secondary N) is 1. The number of aromatic nitrogens is 1. The van der Waals surface area contributed by atoms with Gasteiger partial charge in [0.15, 0.2) is 5.96 Å². The van der Waals surface area contributed by atoms with Crippen LogP contribution in [0.15, 0.2) is 9.41 Å². The van der Waals surface area contributed by atoms with Gasteiger partial charge in [-0.05, 0) is 20.3 Å². The van der Waals surface area contributed by atoms with Gasteiger partial charge in [-0.25, -0.2) is 4.98 Å². The maximum absolute atomic E-state index is 5.59. The van der Waals surface area contributed by atoms with Crippen molar-refractivity contribution < 1.29 is 4.42 Å². The predicted molar refractivity (Wildman–Crippen MR) is 99.7 cm³/mol. The molecule has 21 heavy (non-hydrogen) atoms. The van der Waals surface area contributed by atoms with Gasteiger partial charge in [-0.2, -0.15) is 11.8 Å². The van der Waals surface area contributed by atoms with Crippen molar-refractivity contribution in [3.05, 3.63) is 17.3 Å². The fourth-order valence-electron chi connectivity index (χ4n) is 2.26. The first-order chi connectivity index (χ1) is 9.63. The van der Waals surface area contributed by atoms with Crippen LogP contribution in [0.25, 0.3) is 0 Å². The third-order valence-electron chi connectivity index (χ3n) is 3.58. The van der Waals surface area contributed by atoms with E-state index in [4.69, 9.17) is 4.42 Å². The molecule has 1 aliphatic rings. The van der Waals surface area contributed by atoms with E-state index in [0.29, 0.717) is 11.8 Å². The zero-order chi connectivity index (χ0) is 14.5. The quantitative estimate of drug-likeness (QED) is 0.460. The van der Waals surface area contributed by atoms with Crippen molar-refractivity contribution >= 4 is 41.7 Å². The Bertz CT molecular complexity index is 458. The van der Waals surface area contributed by atoms with E-state index in [-0.39, 0.29) is 24.0 Å². The van der Waals surface area contributed by atoms with Gasteiger partial charge in [-0.3, -0.25) is 4.99 Å². The van der Waals surface area contributed by atoms with Crippen LogP contribution in [-0.4, -0.2) is 47.0 Å². The SMILES string of the molecule is CCC1CN(C(=NC)NCc2nc(C)c(C)o2)CCS1.I. The second kappa shape index (κ2) is 8.87. The molecule has 1 aromatic heterocycles. The van der Waals surface area contributed by atoms with Gasteiger partial charge in [0.25, 0.3) is 0 Å². The number of guanidine groups is 1. The van der Waals surface area contributed by atoms with Crippen molar-refractivity contribution in [2.24, 2.45) is 4.99 Å².